The Kier molecular flexibility index (Phi) is 5.32. The lowest BCUT2D eigenvalue weighted by atomic mass is 10.1. The Labute approximate surface area is 151 Å². The molecule has 0 aromatic heterocycles. The highest BCUT2D eigenvalue weighted by Crippen LogP contribution is 2.59. The summed E-state index contributed by atoms with van der Waals surface area (Å²) in [5.74, 6) is -7.18. The quantitative estimate of drug-likeness (QED) is 0.157. The van der Waals surface area contributed by atoms with Crippen LogP contribution in [0.1, 0.15) is 33.3 Å². The third-order valence-electron chi connectivity index (χ3n) is 4.34. The van der Waals surface area contributed by atoms with Gasteiger partial charge in [0.05, 0.1) is 15.1 Å². The van der Waals surface area contributed by atoms with Crippen molar-refractivity contribution in [3.63, 3.8) is 0 Å². The summed E-state index contributed by atoms with van der Waals surface area (Å²) in [4.78, 5) is 12.2. The van der Waals surface area contributed by atoms with Crippen LogP contribution in [0.25, 0.3) is 0 Å². The van der Waals surface area contributed by atoms with Gasteiger partial charge in [-0.1, -0.05) is 25.5 Å². The summed E-state index contributed by atoms with van der Waals surface area (Å²) in [7, 11) is 0. The molecule has 2 rings (SSSR count). The maximum absolute atomic E-state index is 13.8. The Morgan fingerprint density at radius 2 is 1.62 bits per heavy atom. The van der Waals surface area contributed by atoms with Crippen molar-refractivity contribution in [1.82, 2.24) is 0 Å². The van der Waals surface area contributed by atoms with Crippen LogP contribution in [0, 0.1) is 44.1 Å². The number of benzene rings is 1. The van der Waals surface area contributed by atoms with Gasteiger partial charge in [0.25, 0.3) is 0 Å². The monoisotopic (exact) mass is 456 g/mol. The molecule has 0 aliphatic heterocycles. The normalized spacial score (nSPS) is 21.4. The van der Waals surface area contributed by atoms with Gasteiger partial charge in [0.2, 0.25) is 0 Å². The molecule has 0 unspecified atom stereocenters. The second-order valence-electron chi connectivity index (χ2n) is 6.73. The van der Waals surface area contributed by atoms with Crippen LogP contribution in [-0.4, -0.2) is 5.97 Å². The number of allylic oxidation sites excluding steroid dienone is 2. The third-order valence-corrected chi connectivity index (χ3v) is 5.28. The average Bonchev–Trinajstić information content (AvgIpc) is 3.02. The minimum Gasteiger partial charge on any atom is -0.460 e. The van der Waals surface area contributed by atoms with E-state index < -0.39 is 50.9 Å². The fourth-order valence-electron chi connectivity index (χ4n) is 2.81. The Morgan fingerprint density at radius 3 is 2.08 bits per heavy atom. The lowest BCUT2D eigenvalue weighted by molar-refractivity contribution is -0.147. The van der Waals surface area contributed by atoms with E-state index in [4.69, 9.17) is 4.74 Å². The predicted molar refractivity (Wildman–Crippen MR) is 89.0 cm³/mol. The summed E-state index contributed by atoms with van der Waals surface area (Å²) in [6, 6.07) is 0. The molecule has 0 spiro atoms. The van der Waals surface area contributed by atoms with Crippen molar-refractivity contribution in [2.24, 2.45) is 17.3 Å². The van der Waals surface area contributed by atoms with Gasteiger partial charge >= 0.3 is 5.97 Å². The molecule has 0 N–H and O–H groups in total. The molecule has 1 aromatic carbocycles. The first kappa shape index (κ1) is 19.2. The number of carbonyl (C=O) groups excluding carboxylic acids is 1. The Hall–Kier alpha value is -1.12. The first-order valence-corrected chi connectivity index (χ1v) is 8.40. The summed E-state index contributed by atoms with van der Waals surface area (Å²) in [6.45, 7) is 6.72. The number of rotatable bonds is 4. The molecule has 1 saturated carbocycles. The van der Waals surface area contributed by atoms with Crippen LogP contribution in [-0.2, 0) is 16.1 Å². The van der Waals surface area contributed by atoms with Gasteiger partial charge in [0.1, 0.15) is 6.61 Å². The average molecular weight is 456 g/mol. The lowest BCUT2D eigenvalue weighted by Crippen LogP contribution is -2.14. The molecule has 0 heterocycles. The molecular weight excluding hydrogens is 439 g/mol. The summed E-state index contributed by atoms with van der Waals surface area (Å²) in [5, 5.41) is 0. The molecule has 2 nitrogen and oxygen atoms in total. The van der Waals surface area contributed by atoms with E-state index in [2.05, 4.69) is 0 Å². The second kappa shape index (κ2) is 6.65. The summed E-state index contributed by atoms with van der Waals surface area (Å²) in [5.41, 5.74) is -0.202. The highest BCUT2D eigenvalue weighted by molar-refractivity contribution is 14.1. The van der Waals surface area contributed by atoms with Crippen LogP contribution in [0.4, 0.5) is 17.6 Å². The first-order valence-electron chi connectivity index (χ1n) is 7.32. The number of halogens is 5. The van der Waals surface area contributed by atoms with E-state index in [1.54, 1.807) is 0 Å². The molecule has 24 heavy (non-hydrogen) atoms. The van der Waals surface area contributed by atoms with E-state index in [0.717, 1.165) is 5.57 Å². The second-order valence-corrected chi connectivity index (χ2v) is 7.80. The van der Waals surface area contributed by atoms with Crippen LogP contribution in [0.3, 0.4) is 0 Å². The van der Waals surface area contributed by atoms with Crippen molar-refractivity contribution >= 4 is 28.6 Å². The van der Waals surface area contributed by atoms with Crippen molar-refractivity contribution in [3.8, 4) is 0 Å². The highest BCUT2D eigenvalue weighted by atomic mass is 127. The van der Waals surface area contributed by atoms with Crippen LogP contribution < -0.4 is 0 Å². The van der Waals surface area contributed by atoms with E-state index >= 15 is 0 Å². The molecule has 0 bridgehead atoms. The van der Waals surface area contributed by atoms with Gasteiger partial charge in [0.15, 0.2) is 23.3 Å². The van der Waals surface area contributed by atoms with Crippen molar-refractivity contribution < 1.29 is 27.1 Å². The fourth-order valence-corrected chi connectivity index (χ4v) is 3.28. The van der Waals surface area contributed by atoms with Gasteiger partial charge in [-0.3, -0.25) is 4.79 Å². The van der Waals surface area contributed by atoms with Crippen molar-refractivity contribution in [2.45, 2.75) is 34.3 Å². The maximum Gasteiger partial charge on any atom is 0.310 e. The van der Waals surface area contributed by atoms with Crippen LogP contribution in [0.2, 0.25) is 0 Å². The zero-order valence-corrected chi connectivity index (χ0v) is 15.8. The minimum absolute atomic E-state index is 0.0325. The zero-order valence-electron chi connectivity index (χ0n) is 13.6. The standard InChI is InChI=1S/C17H17F4IO2/c1-7(2)5-9-10(17(9,3)4)16(23)24-6-8-11(18)13(20)15(22)14(21)12(8)19/h5,9-10H,6H2,1-4H3/t9-,10+/m1/s1. The maximum atomic E-state index is 13.8. The zero-order chi connectivity index (χ0) is 18.4. The van der Waals surface area contributed by atoms with Gasteiger partial charge in [-0.25, -0.2) is 17.6 Å². The molecular formula is C17H17F4IO2. The molecule has 1 aliphatic rings. The van der Waals surface area contributed by atoms with Crippen LogP contribution in [0.15, 0.2) is 11.6 Å². The van der Waals surface area contributed by atoms with Crippen molar-refractivity contribution in [2.75, 3.05) is 0 Å². The van der Waals surface area contributed by atoms with E-state index in [9.17, 15) is 22.4 Å². The van der Waals surface area contributed by atoms with E-state index in [-0.39, 0.29) is 11.3 Å². The molecule has 1 aromatic rings. The molecule has 0 radical (unpaired) electrons. The molecule has 1 fully saturated rings. The number of ether oxygens (including phenoxy) is 1. The first-order chi connectivity index (χ1) is 11.0. The minimum atomic E-state index is -1.54. The summed E-state index contributed by atoms with van der Waals surface area (Å²) < 4.78 is 58.8. The summed E-state index contributed by atoms with van der Waals surface area (Å²) >= 11 is 1.17. The number of carbonyl (C=O) groups is 1. The summed E-state index contributed by atoms with van der Waals surface area (Å²) in [6.07, 6.45) is 1.94. The van der Waals surface area contributed by atoms with Gasteiger partial charge in [-0.05, 0) is 47.8 Å². The Bertz CT molecular complexity index is 695. The third kappa shape index (κ3) is 3.32. The fraction of sp³-hybridized carbons (Fsp3) is 0.471. The SMILES string of the molecule is CC(C)=C[C@@H]1[C@@H](C(=O)OCc2c(F)c(F)c(I)c(F)c2F)C1(C)C. The number of hydrogen-bond acceptors (Lipinski definition) is 2. The molecule has 7 heteroatoms. The molecule has 2 atom stereocenters. The lowest BCUT2D eigenvalue weighted by Gasteiger charge is -2.10. The molecule has 1 aliphatic carbocycles. The Morgan fingerprint density at radius 1 is 1.12 bits per heavy atom. The van der Waals surface area contributed by atoms with E-state index in [1.807, 2.05) is 33.8 Å². The van der Waals surface area contributed by atoms with Gasteiger partial charge in [-0.15, -0.1) is 0 Å². The van der Waals surface area contributed by atoms with Crippen molar-refractivity contribution in [3.05, 3.63) is 44.1 Å². The van der Waals surface area contributed by atoms with E-state index in [0.29, 0.717) is 0 Å². The van der Waals surface area contributed by atoms with E-state index in [1.165, 1.54) is 22.6 Å². The molecule has 0 saturated heterocycles. The van der Waals surface area contributed by atoms with Crippen LogP contribution in [0.5, 0.6) is 0 Å². The largest absolute Gasteiger partial charge is 0.460 e. The van der Waals surface area contributed by atoms with Gasteiger partial charge in [-0.2, -0.15) is 0 Å². The molecule has 132 valence electrons. The van der Waals surface area contributed by atoms with Gasteiger partial charge < -0.3 is 4.74 Å². The topological polar surface area (TPSA) is 26.3 Å². The Balaban J connectivity index is 2.16. The van der Waals surface area contributed by atoms with Gasteiger partial charge in [0, 0.05) is 0 Å². The van der Waals surface area contributed by atoms with Crippen LogP contribution >= 0.6 is 22.6 Å². The number of hydrogen-bond donors (Lipinski definition) is 0. The predicted octanol–water partition coefficient (Wildman–Crippen LogP) is 5.13. The highest BCUT2D eigenvalue weighted by Gasteiger charge is 2.61. The molecule has 0 amide bonds. The van der Waals surface area contributed by atoms with Crippen molar-refractivity contribution in [1.29, 1.82) is 0 Å². The number of esters is 1. The smallest absolute Gasteiger partial charge is 0.310 e.